The summed E-state index contributed by atoms with van der Waals surface area (Å²) in [5, 5.41) is 3.90. The van der Waals surface area contributed by atoms with Crippen molar-refractivity contribution in [2.45, 2.75) is 19.4 Å². The largest absolute Gasteiger partial charge is 0.469 e. The van der Waals surface area contributed by atoms with Gasteiger partial charge in [0.1, 0.15) is 5.76 Å². The number of nitrogens with zero attached hydrogens (tertiary/aromatic N) is 2. The van der Waals surface area contributed by atoms with Crippen LogP contribution in [0.5, 0.6) is 0 Å². The van der Waals surface area contributed by atoms with E-state index in [-0.39, 0.29) is 11.9 Å². The zero-order valence-electron chi connectivity index (χ0n) is 14.9. The maximum Gasteiger partial charge on any atom is 0.252 e. The Balaban J connectivity index is 1.68. The van der Waals surface area contributed by atoms with Gasteiger partial charge in [-0.25, -0.2) is 4.98 Å². The summed E-state index contributed by atoms with van der Waals surface area (Å²) in [5.41, 5.74) is 3.07. The van der Waals surface area contributed by atoms with Crippen LogP contribution in [0, 0.1) is 0 Å². The van der Waals surface area contributed by atoms with Crippen molar-refractivity contribution < 1.29 is 9.21 Å². The molecule has 0 spiro atoms. The SMILES string of the molecule is CC(Cc1ccco1)NC(=O)c1cc(-c2ccncc2)nc2ccccc12. The maximum absolute atomic E-state index is 13.0. The second-order valence-electron chi connectivity index (χ2n) is 6.47. The van der Waals surface area contributed by atoms with E-state index >= 15 is 0 Å². The third-order valence-corrected chi connectivity index (χ3v) is 4.40. The van der Waals surface area contributed by atoms with Crippen LogP contribution < -0.4 is 5.32 Å². The molecule has 0 bridgehead atoms. The zero-order valence-corrected chi connectivity index (χ0v) is 14.9. The Labute approximate surface area is 157 Å². The fourth-order valence-electron chi connectivity index (χ4n) is 3.12. The van der Waals surface area contributed by atoms with Crippen LogP contribution in [0.15, 0.2) is 77.7 Å². The topological polar surface area (TPSA) is 68.0 Å². The van der Waals surface area contributed by atoms with Gasteiger partial charge in [-0.05, 0) is 43.3 Å². The third kappa shape index (κ3) is 3.72. The third-order valence-electron chi connectivity index (χ3n) is 4.40. The molecule has 0 radical (unpaired) electrons. The number of hydrogen-bond acceptors (Lipinski definition) is 4. The molecule has 5 nitrogen and oxygen atoms in total. The standard InChI is InChI=1S/C22H19N3O2/c1-15(13-17-5-4-12-27-17)24-22(26)19-14-21(16-8-10-23-11-9-16)25-20-7-3-2-6-18(19)20/h2-12,14-15H,13H2,1H3,(H,24,26). The first-order valence-corrected chi connectivity index (χ1v) is 8.84. The molecule has 4 aromatic rings. The summed E-state index contributed by atoms with van der Waals surface area (Å²) in [6, 6.07) is 17.0. The predicted molar refractivity (Wildman–Crippen MR) is 104 cm³/mol. The van der Waals surface area contributed by atoms with Crippen LogP contribution in [-0.2, 0) is 6.42 Å². The lowest BCUT2D eigenvalue weighted by Gasteiger charge is -2.15. The Morgan fingerprint density at radius 2 is 1.93 bits per heavy atom. The van der Waals surface area contributed by atoms with Crippen molar-refractivity contribution >= 4 is 16.8 Å². The monoisotopic (exact) mass is 357 g/mol. The lowest BCUT2D eigenvalue weighted by molar-refractivity contribution is 0.0941. The second kappa shape index (κ2) is 7.41. The Hall–Kier alpha value is -3.47. The van der Waals surface area contributed by atoms with Crippen molar-refractivity contribution in [1.29, 1.82) is 0 Å². The van der Waals surface area contributed by atoms with Crippen LogP contribution in [0.2, 0.25) is 0 Å². The number of carbonyl (C=O) groups is 1. The van der Waals surface area contributed by atoms with E-state index in [2.05, 4.69) is 10.3 Å². The molecule has 1 N–H and O–H groups in total. The van der Waals surface area contributed by atoms with Gasteiger partial charge in [-0.2, -0.15) is 0 Å². The number of nitrogens with one attached hydrogen (secondary N) is 1. The zero-order chi connectivity index (χ0) is 18.6. The number of para-hydroxylation sites is 1. The molecular formula is C22H19N3O2. The molecular weight excluding hydrogens is 338 g/mol. The van der Waals surface area contributed by atoms with Gasteiger partial charge in [-0.3, -0.25) is 9.78 Å². The molecule has 1 aromatic carbocycles. The molecule has 134 valence electrons. The van der Waals surface area contributed by atoms with E-state index in [1.807, 2.05) is 61.5 Å². The van der Waals surface area contributed by atoms with Crippen LogP contribution in [0.3, 0.4) is 0 Å². The minimum Gasteiger partial charge on any atom is -0.469 e. The van der Waals surface area contributed by atoms with Gasteiger partial charge in [0.15, 0.2) is 0 Å². The first-order chi connectivity index (χ1) is 13.2. The number of hydrogen-bond donors (Lipinski definition) is 1. The van der Waals surface area contributed by atoms with E-state index in [0.717, 1.165) is 27.9 Å². The summed E-state index contributed by atoms with van der Waals surface area (Å²) in [7, 11) is 0. The first-order valence-electron chi connectivity index (χ1n) is 8.84. The lowest BCUT2D eigenvalue weighted by Crippen LogP contribution is -2.34. The fourth-order valence-corrected chi connectivity index (χ4v) is 3.12. The summed E-state index contributed by atoms with van der Waals surface area (Å²) in [6.07, 6.45) is 5.72. The summed E-state index contributed by atoms with van der Waals surface area (Å²) >= 11 is 0. The van der Waals surface area contributed by atoms with E-state index < -0.39 is 0 Å². The highest BCUT2D eigenvalue weighted by Crippen LogP contribution is 2.24. The number of amides is 1. The van der Waals surface area contributed by atoms with Crippen LogP contribution in [0.25, 0.3) is 22.2 Å². The van der Waals surface area contributed by atoms with Crippen molar-refractivity contribution in [2.24, 2.45) is 0 Å². The highest BCUT2D eigenvalue weighted by molar-refractivity contribution is 6.07. The fraction of sp³-hybridized carbons (Fsp3) is 0.136. The molecule has 1 unspecified atom stereocenters. The van der Waals surface area contributed by atoms with Crippen molar-refractivity contribution in [3.63, 3.8) is 0 Å². The van der Waals surface area contributed by atoms with Gasteiger partial charge in [0.2, 0.25) is 0 Å². The second-order valence-corrected chi connectivity index (χ2v) is 6.47. The molecule has 0 aliphatic heterocycles. The van der Waals surface area contributed by atoms with Gasteiger partial charge in [-0.1, -0.05) is 18.2 Å². The summed E-state index contributed by atoms with van der Waals surface area (Å²) < 4.78 is 5.37. The number of carbonyl (C=O) groups excluding carboxylic acids is 1. The van der Waals surface area contributed by atoms with Crippen LogP contribution in [0.4, 0.5) is 0 Å². The maximum atomic E-state index is 13.0. The molecule has 3 heterocycles. The minimum atomic E-state index is -0.122. The van der Waals surface area contributed by atoms with Crippen molar-refractivity contribution in [3.8, 4) is 11.3 Å². The summed E-state index contributed by atoms with van der Waals surface area (Å²) in [6.45, 7) is 1.97. The number of pyridine rings is 2. The summed E-state index contributed by atoms with van der Waals surface area (Å²) in [5.74, 6) is 0.725. The average molecular weight is 357 g/mol. The number of rotatable bonds is 5. The lowest BCUT2D eigenvalue weighted by atomic mass is 10.0. The highest BCUT2D eigenvalue weighted by atomic mass is 16.3. The molecule has 0 saturated carbocycles. The van der Waals surface area contributed by atoms with E-state index in [1.54, 1.807) is 18.7 Å². The molecule has 0 saturated heterocycles. The molecule has 1 atom stereocenters. The van der Waals surface area contributed by atoms with Gasteiger partial charge in [0, 0.05) is 35.8 Å². The molecule has 27 heavy (non-hydrogen) atoms. The Morgan fingerprint density at radius 1 is 1.11 bits per heavy atom. The van der Waals surface area contributed by atoms with Crippen molar-refractivity contribution in [1.82, 2.24) is 15.3 Å². The highest BCUT2D eigenvalue weighted by Gasteiger charge is 2.16. The van der Waals surface area contributed by atoms with Crippen molar-refractivity contribution in [2.75, 3.05) is 0 Å². The molecule has 3 aromatic heterocycles. The van der Waals surface area contributed by atoms with Crippen molar-refractivity contribution in [3.05, 3.63) is 84.6 Å². The van der Waals surface area contributed by atoms with Gasteiger partial charge in [0.25, 0.3) is 5.91 Å². The molecule has 4 rings (SSSR count). The first kappa shape index (κ1) is 17.0. The number of benzene rings is 1. The van der Waals surface area contributed by atoms with Gasteiger partial charge in [0.05, 0.1) is 23.0 Å². The van der Waals surface area contributed by atoms with Crippen LogP contribution in [0.1, 0.15) is 23.0 Å². The molecule has 5 heteroatoms. The Morgan fingerprint density at radius 3 is 2.70 bits per heavy atom. The molecule has 0 fully saturated rings. The van der Waals surface area contributed by atoms with E-state index in [1.165, 1.54) is 0 Å². The Bertz CT molecular complexity index is 1060. The van der Waals surface area contributed by atoms with E-state index in [0.29, 0.717) is 12.0 Å². The summed E-state index contributed by atoms with van der Waals surface area (Å²) in [4.78, 5) is 21.8. The van der Waals surface area contributed by atoms with Crippen LogP contribution >= 0.6 is 0 Å². The molecule has 0 aliphatic carbocycles. The predicted octanol–water partition coefficient (Wildman–Crippen LogP) is 4.25. The van der Waals surface area contributed by atoms with Gasteiger partial charge in [-0.15, -0.1) is 0 Å². The normalized spacial score (nSPS) is 12.0. The van der Waals surface area contributed by atoms with E-state index in [9.17, 15) is 4.79 Å². The average Bonchev–Trinajstić information content (AvgIpc) is 3.20. The van der Waals surface area contributed by atoms with E-state index in [4.69, 9.17) is 9.40 Å². The smallest absolute Gasteiger partial charge is 0.252 e. The Kier molecular flexibility index (Phi) is 4.66. The molecule has 1 amide bonds. The number of aromatic nitrogens is 2. The van der Waals surface area contributed by atoms with Gasteiger partial charge < -0.3 is 9.73 Å². The number of furan rings is 1. The number of fused-ring (bicyclic) bond motifs is 1. The van der Waals surface area contributed by atoms with Crippen LogP contribution in [-0.4, -0.2) is 21.9 Å². The molecule has 0 aliphatic rings. The quantitative estimate of drug-likeness (QED) is 0.580. The minimum absolute atomic E-state index is 0.0556. The van der Waals surface area contributed by atoms with Gasteiger partial charge >= 0.3 is 0 Å².